The molecule has 22 heavy (non-hydrogen) atoms. The predicted octanol–water partition coefficient (Wildman–Crippen LogP) is 4.64. The fourth-order valence-corrected chi connectivity index (χ4v) is 3.24. The average Bonchev–Trinajstić information content (AvgIpc) is 2.46. The highest BCUT2D eigenvalue weighted by atomic mass is 35.5. The molecule has 1 atom stereocenters. The molecule has 0 saturated carbocycles. The highest BCUT2D eigenvalue weighted by molar-refractivity contribution is 7.92. The second-order valence-electron chi connectivity index (χ2n) is 4.79. The van der Waals surface area contributed by atoms with Gasteiger partial charge in [0.05, 0.1) is 0 Å². The van der Waals surface area contributed by atoms with Crippen molar-refractivity contribution in [2.24, 2.45) is 0 Å². The molecular weight excluding hydrogens is 341 g/mol. The molecule has 0 fully saturated rings. The number of nitrogens with one attached hydrogen (secondary N) is 1. The monoisotopic (exact) mass is 355 g/mol. The SMILES string of the molecule is CC(NS(=O)(=O)C=Cc1ccc(Cl)cc1)c1cccc(Cl)c1. The number of rotatable bonds is 5. The Kier molecular flexibility index (Phi) is 5.64. The molecule has 0 aromatic heterocycles. The van der Waals surface area contributed by atoms with Crippen LogP contribution in [0.15, 0.2) is 53.9 Å². The molecule has 0 aliphatic heterocycles. The Morgan fingerprint density at radius 3 is 2.36 bits per heavy atom. The molecule has 116 valence electrons. The van der Waals surface area contributed by atoms with Gasteiger partial charge in [-0.25, -0.2) is 13.1 Å². The van der Waals surface area contributed by atoms with E-state index < -0.39 is 10.0 Å². The summed E-state index contributed by atoms with van der Waals surface area (Å²) in [6.45, 7) is 1.76. The number of sulfonamides is 1. The van der Waals surface area contributed by atoms with E-state index in [1.54, 1.807) is 49.4 Å². The summed E-state index contributed by atoms with van der Waals surface area (Å²) in [5.74, 6) is 0. The van der Waals surface area contributed by atoms with Crippen molar-refractivity contribution in [2.75, 3.05) is 0 Å². The Labute approximate surface area is 140 Å². The zero-order valence-electron chi connectivity index (χ0n) is 11.8. The molecule has 6 heteroatoms. The van der Waals surface area contributed by atoms with Crippen molar-refractivity contribution in [1.82, 2.24) is 4.72 Å². The van der Waals surface area contributed by atoms with E-state index in [-0.39, 0.29) is 6.04 Å². The molecule has 2 aromatic rings. The van der Waals surface area contributed by atoms with E-state index in [9.17, 15) is 8.42 Å². The summed E-state index contributed by atoms with van der Waals surface area (Å²) < 4.78 is 26.7. The minimum Gasteiger partial charge on any atom is -0.208 e. The standard InChI is InChI=1S/C16H15Cl2NO2S/c1-12(14-3-2-4-16(18)11-14)19-22(20,21)10-9-13-5-7-15(17)8-6-13/h2-12,19H,1H3. The average molecular weight is 356 g/mol. The third-order valence-corrected chi connectivity index (χ3v) is 4.66. The first-order chi connectivity index (χ1) is 10.4. The first-order valence-electron chi connectivity index (χ1n) is 6.57. The van der Waals surface area contributed by atoms with Gasteiger partial charge in [-0.1, -0.05) is 47.5 Å². The van der Waals surface area contributed by atoms with Gasteiger partial charge in [0.1, 0.15) is 0 Å². The number of halogens is 2. The zero-order chi connectivity index (χ0) is 16.2. The zero-order valence-corrected chi connectivity index (χ0v) is 14.2. The molecule has 1 unspecified atom stereocenters. The lowest BCUT2D eigenvalue weighted by atomic mass is 10.1. The van der Waals surface area contributed by atoms with Crippen LogP contribution in [0.3, 0.4) is 0 Å². The maximum Gasteiger partial charge on any atom is 0.234 e. The molecule has 0 spiro atoms. The highest BCUT2D eigenvalue weighted by Gasteiger charge is 2.13. The molecule has 0 aliphatic rings. The van der Waals surface area contributed by atoms with Crippen LogP contribution >= 0.6 is 23.2 Å². The Morgan fingerprint density at radius 2 is 1.73 bits per heavy atom. The van der Waals surface area contributed by atoms with E-state index >= 15 is 0 Å². The fraction of sp³-hybridized carbons (Fsp3) is 0.125. The Morgan fingerprint density at radius 1 is 1.05 bits per heavy atom. The second kappa shape index (κ2) is 7.29. The Bertz CT molecular complexity index is 771. The molecule has 1 N–H and O–H groups in total. The van der Waals surface area contributed by atoms with Gasteiger partial charge in [0.25, 0.3) is 0 Å². The van der Waals surface area contributed by atoms with Crippen LogP contribution in [-0.4, -0.2) is 8.42 Å². The lowest BCUT2D eigenvalue weighted by Gasteiger charge is -2.13. The quantitative estimate of drug-likeness (QED) is 0.848. The summed E-state index contributed by atoms with van der Waals surface area (Å²) in [6.07, 6.45) is 1.52. The van der Waals surface area contributed by atoms with E-state index in [0.717, 1.165) is 16.5 Å². The number of benzene rings is 2. The first kappa shape index (κ1) is 17.0. The third kappa shape index (κ3) is 5.14. The minimum absolute atomic E-state index is 0.376. The van der Waals surface area contributed by atoms with E-state index in [1.165, 1.54) is 6.08 Å². The van der Waals surface area contributed by atoms with Crippen molar-refractivity contribution in [3.05, 3.63) is 75.1 Å². The van der Waals surface area contributed by atoms with Crippen molar-refractivity contribution >= 4 is 39.3 Å². The molecule has 0 radical (unpaired) electrons. The van der Waals surface area contributed by atoms with Gasteiger partial charge in [-0.3, -0.25) is 0 Å². The summed E-state index contributed by atoms with van der Waals surface area (Å²) in [6, 6.07) is 13.6. The smallest absolute Gasteiger partial charge is 0.208 e. The van der Waals surface area contributed by atoms with Crippen molar-refractivity contribution in [2.45, 2.75) is 13.0 Å². The molecule has 2 aromatic carbocycles. The van der Waals surface area contributed by atoms with Gasteiger partial charge in [0, 0.05) is 21.5 Å². The van der Waals surface area contributed by atoms with Crippen molar-refractivity contribution in [3.63, 3.8) is 0 Å². The summed E-state index contributed by atoms with van der Waals surface area (Å²) in [4.78, 5) is 0. The van der Waals surface area contributed by atoms with Crippen LogP contribution in [0.4, 0.5) is 0 Å². The van der Waals surface area contributed by atoms with Crippen molar-refractivity contribution in [1.29, 1.82) is 0 Å². The molecule has 0 aliphatic carbocycles. The van der Waals surface area contributed by atoms with Crippen LogP contribution in [0, 0.1) is 0 Å². The van der Waals surface area contributed by atoms with Crippen LogP contribution < -0.4 is 4.72 Å². The number of hydrogen-bond acceptors (Lipinski definition) is 2. The van der Waals surface area contributed by atoms with E-state index in [2.05, 4.69) is 4.72 Å². The normalized spacial score (nSPS) is 13.4. The topological polar surface area (TPSA) is 46.2 Å². The molecule has 2 rings (SSSR count). The molecule has 0 amide bonds. The van der Waals surface area contributed by atoms with E-state index in [0.29, 0.717) is 10.0 Å². The second-order valence-corrected chi connectivity index (χ2v) is 7.26. The molecule has 0 saturated heterocycles. The van der Waals surface area contributed by atoms with Crippen LogP contribution in [0.1, 0.15) is 24.1 Å². The van der Waals surface area contributed by atoms with Gasteiger partial charge in [-0.2, -0.15) is 0 Å². The maximum atomic E-state index is 12.1. The van der Waals surface area contributed by atoms with Gasteiger partial charge >= 0.3 is 0 Å². The minimum atomic E-state index is -3.56. The van der Waals surface area contributed by atoms with Gasteiger partial charge in [-0.05, 0) is 48.4 Å². The third-order valence-electron chi connectivity index (χ3n) is 3.00. The molecule has 0 heterocycles. The summed E-state index contributed by atoms with van der Waals surface area (Å²) in [7, 11) is -3.56. The highest BCUT2D eigenvalue weighted by Crippen LogP contribution is 2.18. The van der Waals surface area contributed by atoms with Crippen molar-refractivity contribution in [3.8, 4) is 0 Å². The Balaban J connectivity index is 2.09. The summed E-state index contributed by atoms with van der Waals surface area (Å²) in [5, 5.41) is 2.31. The van der Waals surface area contributed by atoms with Crippen LogP contribution in [0.2, 0.25) is 10.0 Å². The van der Waals surface area contributed by atoms with Gasteiger partial charge in [0.15, 0.2) is 0 Å². The van der Waals surface area contributed by atoms with E-state index in [4.69, 9.17) is 23.2 Å². The lowest BCUT2D eigenvalue weighted by molar-refractivity contribution is 0.576. The van der Waals surface area contributed by atoms with Crippen LogP contribution in [-0.2, 0) is 10.0 Å². The molecular formula is C16H15Cl2NO2S. The Hall–Kier alpha value is -1.33. The van der Waals surface area contributed by atoms with Gasteiger partial charge in [-0.15, -0.1) is 0 Å². The summed E-state index contributed by atoms with van der Waals surface area (Å²) in [5.41, 5.74) is 1.56. The number of hydrogen-bond donors (Lipinski definition) is 1. The summed E-state index contributed by atoms with van der Waals surface area (Å²) >= 11 is 11.7. The van der Waals surface area contributed by atoms with Gasteiger partial charge < -0.3 is 0 Å². The largest absolute Gasteiger partial charge is 0.234 e. The molecule has 0 bridgehead atoms. The lowest BCUT2D eigenvalue weighted by Crippen LogP contribution is -2.24. The molecule has 3 nitrogen and oxygen atoms in total. The maximum absolute atomic E-state index is 12.1. The van der Waals surface area contributed by atoms with Gasteiger partial charge in [0.2, 0.25) is 10.0 Å². The van der Waals surface area contributed by atoms with E-state index in [1.807, 2.05) is 6.07 Å². The predicted molar refractivity (Wildman–Crippen MR) is 92.4 cm³/mol. The fourth-order valence-electron chi connectivity index (χ4n) is 1.87. The van der Waals surface area contributed by atoms with Crippen LogP contribution in [0.5, 0.6) is 0 Å². The first-order valence-corrected chi connectivity index (χ1v) is 8.87. The van der Waals surface area contributed by atoms with Crippen LogP contribution in [0.25, 0.3) is 6.08 Å². The van der Waals surface area contributed by atoms with Crippen molar-refractivity contribution < 1.29 is 8.42 Å².